The molecule has 0 atom stereocenters. The summed E-state index contributed by atoms with van der Waals surface area (Å²) in [5, 5.41) is 13.3. The Balaban J connectivity index is 1.19. The number of thiazole rings is 1. The Labute approximate surface area is 175 Å². The first-order valence-electron chi connectivity index (χ1n) is 9.47. The second-order valence-corrected chi connectivity index (χ2v) is 8.59. The van der Waals surface area contributed by atoms with Crippen molar-refractivity contribution in [1.29, 1.82) is 0 Å². The van der Waals surface area contributed by atoms with E-state index in [1.165, 1.54) is 35.3 Å². The third kappa shape index (κ3) is 3.99. The number of carbonyl (C=O) groups is 1. The highest BCUT2D eigenvalue weighted by molar-refractivity contribution is 7.14. The van der Waals surface area contributed by atoms with Crippen LogP contribution in [0.1, 0.15) is 29.9 Å². The van der Waals surface area contributed by atoms with Crippen molar-refractivity contribution >= 4 is 33.7 Å². The summed E-state index contributed by atoms with van der Waals surface area (Å²) in [6.45, 7) is 0. The number of rotatable bonds is 6. The van der Waals surface area contributed by atoms with E-state index in [9.17, 15) is 4.79 Å². The lowest BCUT2D eigenvalue weighted by Crippen LogP contribution is -2.12. The average molecular weight is 423 g/mol. The van der Waals surface area contributed by atoms with Crippen LogP contribution in [-0.2, 0) is 24.1 Å². The highest BCUT2D eigenvalue weighted by Crippen LogP contribution is 2.30. The van der Waals surface area contributed by atoms with E-state index in [0.717, 1.165) is 23.2 Å². The zero-order valence-electron chi connectivity index (χ0n) is 15.6. The molecule has 5 rings (SSSR count). The molecular weight excluding hydrogens is 404 g/mol. The fraction of sp³-hybridized carbons (Fsp3) is 0.238. The van der Waals surface area contributed by atoms with E-state index in [2.05, 4.69) is 38.6 Å². The second-order valence-electron chi connectivity index (χ2n) is 6.95. The molecule has 0 unspecified atom stereocenters. The first-order valence-corrected chi connectivity index (χ1v) is 11.3. The highest BCUT2D eigenvalue weighted by Gasteiger charge is 2.15. The average Bonchev–Trinajstić information content (AvgIpc) is 3.53. The van der Waals surface area contributed by atoms with E-state index in [0.29, 0.717) is 23.3 Å². The van der Waals surface area contributed by atoms with Crippen LogP contribution in [0.25, 0.3) is 22.6 Å². The van der Waals surface area contributed by atoms with Crippen molar-refractivity contribution in [2.24, 2.45) is 0 Å². The lowest BCUT2D eigenvalue weighted by molar-refractivity contribution is -0.116. The zero-order valence-corrected chi connectivity index (χ0v) is 17.2. The molecule has 8 heteroatoms. The van der Waals surface area contributed by atoms with Gasteiger partial charge in [0.25, 0.3) is 0 Å². The van der Waals surface area contributed by atoms with Gasteiger partial charge in [-0.1, -0.05) is 17.3 Å². The Bertz CT molecular complexity index is 1150. The molecule has 0 bridgehead atoms. The molecule has 1 aliphatic carbocycles. The highest BCUT2D eigenvalue weighted by atomic mass is 32.1. The summed E-state index contributed by atoms with van der Waals surface area (Å²) in [4.78, 5) is 21.2. The fourth-order valence-corrected chi connectivity index (χ4v) is 4.83. The van der Waals surface area contributed by atoms with Crippen LogP contribution in [0.4, 0.5) is 5.13 Å². The monoisotopic (exact) mass is 422 g/mol. The molecule has 4 aromatic rings. The van der Waals surface area contributed by atoms with Crippen molar-refractivity contribution in [2.45, 2.75) is 32.1 Å². The molecule has 0 radical (unpaired) electrons. The molecule has 146 valence electrons. The summed E-state index contributed by atoms with van der Waals surface area (Å²) in [5.74, 6) is 0.898. The number of aryl methyl sites for hydroxylation is 3. The largest absolute Gasteiger partial charge is 0.339 e. The van der Waals surface area contributed by atoms with Gasteiger partial charge < -0.3 is 9.84 Å². The molecule has 0 saturated carbocycles. The van der Waals surface area contributed by atoms with Gasteiger partial charge in [-0.2, -0.15) is 16.3 Å². The van der Waals surface area contributed by atoms with Crippen molar-refractivity contribution in [3.8, 4) is 22.6 Å². The Morgan fingerprint density at radius 1 is 1.10 bits per heavy atom. The van der Waals surface area contributed by atoms with Crippen LogP contribution in [0.2, 0.25) is 0 Å². The summed E-state index contributed by atoms with van der Waals surface area (Å²) >= 11 is 3.01. The van der Waals surface area contributed by atoms with E-state index in [1.807, 2.05) is 22.2 Å². The fourth-order valence-electron chi connectivity index (χ4n) is 3.46. The van der Waals surface area contributed by atoms with Crippen LogP contribution in [0.15, 0.2) is 44.9 Å². The summed E-state index contributed by atoms with van der Waals surface area (Å²) in [7, 11) is 0. The normalized spacial score (nSPS) is 12.8. The lowest BCUT2D eigenvalue weighted by atomic mass is 10.1. The molecule has 0 saturated heterocycles. The van der Waals surface area contributed by atoms with Crippen LogP contribution < -0.4 is 5.32 Å². The number of fused-ring (bicyclic) bond motifs is 1. The zero-order chi connectivity index (χ0) is 19.6. The number of carbonyl (C=O) groups excluding carboxylic acids is 1. The number of nitrogens with one attached hydrogen (secondary N) is 1. The number of thiophene rings is 1. The molecule has 3 aromatic heterocycles. The van der Waals surface area contributed by atoms with Crippen LogP contribution in [-0.4, -0.2) is 21.0 Å². The third-order valence-electron chi connectivity index (χ3n) is 4.96. The van der Waals surface area contributed by atoms with Crippen molar-refractivity contribution < 1.29 is 9.32 Å². The molecule has 1 aromatic carbocycles. The van der Waals surface area contributed by atoms with Crippen molar-refractivity contribution in [2.75, 3.05) is 5.32 Å². The Morgan fingerprint density at radius 2 is 2.03 bits per heavy atom. The first kappa shape index (κ1) is 18.2. The molecule has 6 nitrogen and oxygen atoms in total. The molecule has 1 aliphatic rings. The summed E-state index contributed by atoms with van der Waals surface area (Å²) in [6.07, 6.45) is 4.19. The molecule has 1 N–H and O–H groups in total. The van der Waals surface area contributed by atoms with Gasteiger partial charge in [0, 0.05) is 34.7 Å². The van der Waals surface area contributed by atoms with Gasteiger partial charge in [-0.05, 0) is 47.9 Å². The SMILES string of the molecule is O=C(CCc1nc(-c2ccsc2)no1)Nc1nc(-c2ccc3c(c2)CCC3)cs1. The maximum absolute atomic E-state index is 12.3. The second kappa shape index (κ2) is 7.88. The maximum Gasteiger partial charge on any atom is 0.227 e. The minimum absolute atomic E-state index is 0.116. The number of hydrogen-bond acceptors (Lipinski definition) is 7. The molecule has 3 heterocycles. The number of hydrogen-bond donors (Lipinski definition) is 1. The van der Waals surface area contributed by atoms with E-state index < -0.39 is 0 Å². The van der Waals surface area contributed by atoms with Crippen LogP contribution in [0, 0.1) is 0 Å². The molecule has 0 aliphatic heterocycles. The number of anilines is 1. The van der Waals surface area contributed by atoms with Crippen molar-refractivity contribution in [3.05, 3.63) is 57.4 Å². The lowest BCUT2D eigenvalue weighted by Gasteiger charge is -2.02. The standard InChI is InChI=1S/C21H18N4O2S2/c26-18(6-7-19-24-20(25-27-19)16-8-9-28-11-16)23-21-22-17(12-29-21)15-5-4-13-2-1-3-14(13)10-15/h4-5,8-12H,1-3,6-7H2,(H,22,23,26). The van der Waals surface area contributed by atoms with Gasteiger partial charge >= 0.3 is 0 Å². The molecular formula is C21H18N4O2S2. The molecule has 1 amide bonds. The van der Waals surface area contributed by atoms with E-state index in [-0.39, 0.29) is 12.3 Å². The van der Waals surface area contributed by atoms with Gasteiger partial charge in [-0.25, -0.2) is 4.98 Å². The van der Waals surface area contributed by atoms with E-state index >= 15 is 0 Å². The minimum atomic E-state index is -0.116. The molecule has 0 fully saturated rings. The van der Waals surface area contributed by atoms with Gasteiger partial charge in [0.05, 0.1) is 5.69 Å². The van der Waals surface area contributed by atoms with Gasteiger partial charge in [-0.3, -0.25) is 4.79 Å². The van der Waals surface area contributed by atoms with Crippen LogP contribution in [0.3, 0.4) is 0 Å². The van der Waals surface area contributed by atoms with E-state index in [1.54, 1.807) is 11.3 Å². The summed E-state index contributed by atoms with van der Waals surface area (Å²) in [6, 6.07) is 8.48. The van der Waals surface area contributed by atoms with Crippen LogP contribution >= 0.6 is 22.7 Å². The van der Waals surface area contributed by atoms with Crippen molar-refractivity contribution in [1.82, 2.24) is 15.1 Å². The predicted octanol–water partition coefficient (Wildman–Crippen LogP) is 4.98. The Kier molecular flexibility index (Phi) is 4.95. The topological polar surface area (TPSA) is 80.9 Å². The Hall–Kier alpha value is -2.84. The first-order chi connectivity index (χ1) is 14.2. The smallest absolute Gasteiger partial charge is 0.227 e. The minimum Gasteiger partial charge on any atom is -0.339 e. The van der Waals surface area contributed by atoms with Crippen LogP contribution in [0.5, 0.6) is 0 Å². The quantitative estimate of drug-likeness (QED) is 0.474. The van der Waals surface area contributed by atoms with E-state index in [4.69, 9.17) is 4.52 Å². The van der Waals surface area contributed by atoms with Gasteiger partial charge in [0.2, 0.25) is 17.6 Å². The predicted molar refractivity (Wildman–Crippen MR) is 114 cm³/mol. The van der Waals surface area contributed by atoms with Gasteiger partial charge in [-0.15, -0.1) is 11.3 Å². The third-order valence-corrected chi connectivity index (χ3v) is 6.40. The maximum atomic E-state index is 12.3. The number of nitrogens with zero attached hydrogens (tertiary/aromatic N) is 3. The van der Waals surface area contributed by atoms with Gasteiger partial charge in [0.1, 0.15) is 0 Å². The Morgan fingerprint density at radius 3 is 2.93 bits per heavy atom. The number of amides is 1. The van der Waals surface area contributed by atoms with Crippen molar-refractivity contribution in [3.63, 3.8) is 0 Å². The molecule has 29 heavy (non-hydrogen) atoms. The number of benzene rings is 1. The number of aromatic nitrogens is 3. The van der Waals surface area contributed by atoms with Gasteiger partial charge in [0.15, 0.2) is 5.13 Å². The summed E-state index contributed by atoms with van der Waals surface area (Å²) < 4.78 is 5.24. The summed E-state index contributed by atoms with van der Waals surface area (Å²) in [5.41, 5.74) is 5.80. The molecule has 0 spiro atoms.